The van der Waals surface area contributed by atoms with E-state index in [1.54, 1.807) is 0 Å². The van der Waals surface area contributed by atoms with Gasteiger partial charge >= 0.3 is 17.9 Å². The normalized spacial score (nSPS) is 12.5. The fraction of sp³-hybridized carbons (Fsp3) is 0.776. The van der Waals surface area contributed by atoms with Crippen LogP contribution >= 0.6 is 0 Å². The second-order valence-electron chi connectivity index (χ2n) is 20.9. The van der Waals surface area contributed by atoms with E-state index in [1.165, 1.54) is 154 Å². The van der Waals surface area contributed by atoms with E-state index in [0.29, 0.717) is 19.3 Å². The molecule has 73 heavy (non-hydrogen) atoms. The molecule has 0 amide bonds. The zero-order valence-corrected chi connectivity index (χ0v) is 48.4. The first-order valence-electron chi connectivity index (χ1n) is 31.4. The Morgan fingerprint density at radius 2 is 0.562 bits per heavy atom. The topological polar surface area (TPSA) is 78.9 Å². The molecule has 0 saturated heterocycles. The highest BCUT2D eigenvalue weighted by Gasteiger charge is 2.19. The maximum Gasteiger partial charge on any atom is 0.306 e. The van der Waals surface area contributed by atoms with Gasteiger partial charge in [-0.1, -0.05) is 286 Å². The van der Waals surface area contributed by atoms with Gasteiger partial charge in [-0.2, -0.15) is 0 Å². The first-order valence-corrected chi connectivity index (χ1v) is 31.4. The second-order valence-corrected chi connectivity index (χ2v) is 20.9. The summed E-state index contributed by atoms with van der Waals surface area (Å²) in [5, 5.41) is 0. The zero-order valence-electron chi connectivity index (χ0n) is 48.4. The highest BCUT2D eigenvalue weighted by atomic mass is 16.6. The van der Waals surface area contributed by atoms with Crippen LogP contribution in [0.3, 0.4) is 0 Å². The Balaban J connectivity index is 4.26. The van der Waals surface area contributed by atoms with Crippen LogP contribution in [0.25, 0.3) is 0 Å². The number of hydrogen-bond acceptors (Lipinski definition) is 6. The van der Waals surface area contributed by atoms with E-state index in [2.05, 4.69) is 93.7 Å². The Kier molecular flexibility index (Phi) is 58.7. The monoisotopic (exact) mass is 1020 g/mol. The fourth-order valence-corrected chi connectivity index (χ4v) is 9.00. The first kappa shape index (κ1) is 69.8. The van der Waals surface area contributed by atoms with E-state index in [-0.39, 0.29) is 31.1 Å². The van der Waals surface area contributed by atoms with Gasteiger partial charge in [-0.25, -0.2) is 0 Å². The summed E-state index contributed by atoms with van der Waals surface area (Å²) in [5.74, 6) is -0.901. The molecule has 1 atom stereocenters. The molecule has 0 saturated carbocycles. The van der Waals surface area contributed by atoms with E-state index in [9.17, 15) is 14.4 Å². The summed E-state index contributed by atoms with van der Waals surface area (Å²) in [6.45, 7) is 6.48. The number of unbranched alkanes of at least 4 members (excludes halogenated alkanes) is 34. The molecule has 0 spiro atoms. The molecule has 0 radical (unpaired) electrons. The van der Waals surface area contributed by atoms with E-state index in [4.69, 9.17) is 14.2 Å². The van der Waals surface area contributed by atoms with Gasteiger partial charge in [-0.15, -0.1) is 0 Å². The fourth-order valence-electron chi connectivity index (χ4n) is 9.00. The van der Waals surface area contributed by atoms with Crippen molar-refractivity contribution in [3.63, 3.8) is 0 Å². The molecule has 0 heterocycles. The SMILES string of the molecule is CC/C=C\C/C=C\C/C=C\C/C=C\C/C=C\CCCCCCCC(=O)OC(COC(=O)CCCCCCC/C=C\CCC)COC(=O)CCCCCCCCCCCCCCCCCCCCCCCCCC. The van der Waals surface area contributed by atoms with E-state index in [0.717, 1.165) is 122 Å². The summed E-state index contributed by atoms with van der Waals surface area (Å²) in [7, 11) is 0. The van der Waals surface area contributed by atoms with Crippen molar-refractivity contribution >= 4 is 17.9 Å². The van der Waals surface area contributed by atoms with Gasteiger partial charge in [-0.3, -0.25) is 14.4 Å². The predicted molar refractivity (Wildman–Crippen MR) is 316 cm³/mol. The summed E-state index contributed by atoms with van der Waals surface area (Å²) in [4.78, 5) is 38.2. The number of hydrogen-bond donors (Lipinski definition) is 0. The van der Waals surface area contributed by atoms with Crippen molar-refractivity contribution in [2.75, 3.05) is 13.2 Å². The van der Waals surface area contributed by atoms with Crippen molar-refractivity contribution in [1.82, 2.24) is 0 Å². The van der Waals surface area contributed by atoms with Gasteiger partial charge in [0.1, 0.15) is 13.2 Å². The molecule has 0 aromatic heterocycles. The molecule has 422 valence electrons. The quantitative estimate of drug-likeness (QED) is 0.0261. The largest absolute Gasteiger partial charge is 0.462 e. The van der Waals surface area contributed by atoms with Crippen LogP contribution in [0.1, 0.15) is 316 Å². The maximum absolute atomic E-state index is 12.9. The van der Waals surface area contributed by atoms with Crippen LogP contribution in [-0.2, 0) is 28.6 Å². The highest BCUT2D eigenvalue weighted by Crippen LogP contribution is 2.17. The molecular formula is C67H118O6. The van der Waals surface area contributed by atoms with Gasteiger partial charge < -0.3 is 14.2 Å². The van der Waals surface area contributed by atoms with Crippen molar-refractivity contribution in [2.24, 2.45) is 0 Å². The standard InChI is InChI=1S/C67H118O6/c1-4-7-10-13-16-19-22-24-26-28-30-32-33-34-36-37-39-41-43-45-48-51-54-57-60-66(69)72-63-64(62-71-65(68)59-56-53-50-47-21-18-15-12-9-6-3)73-67(70)61-58-55-52-49-46-44-42-40-38-35-31-29-27-25-23-20-17-14-11-8-5-2/h8,11-12,15,17,20,25,27,31,35,40,42,64H,4-7,9-10,13-14,16,18-19,21-24,26,28-30,32-34,36-39,41,43-63H2,1-3H3/b11-8-,15-12-,20-17-,27-25-,35-31-,42-40-. The number of rotatable bonds is 57. The van der Waals surface area contributed by atoms with Crippen molar-refractivity contribution < 1.29 is 28.6 Å². The van der Waals surface area contributed by atoms with Crippen molar-refractivity contribution in [2.45, 2.75) is 322 Å². The minimum absolute atomic E-state index is 0.0836. The Morgan fingerprint density at radius 1 is 0.288 bits per heavy atom. The van der Waals surface area contributed by atoms with E-state index >= 15 is 0 Å². The Morgan fingerprint density at radius 3 is 0.904 bits per heavy atom. The van der Waals surface area contributed by atoms with Crippen LogP contribution < -0.4 is 0 Å². The summed E-state index contributed by atoms with van der Waals surface area (Å²) in [5.41, 5.74) is 0. The summed E-state index contributed by atoms with van der Waals surface area (Å²) >= 11 is 0. The molecule has 0 rings (SSSR count). The van der Waals surface area contributed by atoms with Crippen LogP contribution in [0.2, 0.25) is 0 Å². The molecule has 0 fully saturated rings. The Bertz CT molecular complexity index is 1360. The number of esters is 3. The molecule has 0 N–H and O–H groups in total. The second kappa shape index (κ2) is 61.4. The molecule has 0 aliphatic carbocycles. The Hall–Kier alpha value is -3.15. The van der Waals surface area contributed by atoms with E-state index < -0.39 is 6.10 Å². The predicted octanol–water partition coefficient (Wildman–Crippen LogP) is 21.3. The molecule has 0 aromatic carbocycles. The summed E-state index contributed by atoms with van der Waals surface area (Å²) in [6.07, 6.45) is 79.2. The molecule has 0 aliphatic rings. The highest BCUT2D eigenvalue weighted by molar-refractivity contribution is 5.71. The van der Waals surface area contributed by atoms with Gasteiger partial charge in [0.25, 0.3) is 0 Å². The van der Waals surface area contributed by atoms with Crippen molar-refractivity contribution in [3.05, 3.63) is 72.9 Å². The minimum atomic E-state index is -0.788. The average molecular weight is 1020 g/mol. The number of carbonyl (C=O) groups excluding carboxylic acids is 3. The average Bonchev–Trinajstić information content (AvgIpc) is 3.39. The summed E-state index contributed by atoms with van der Waals surface area (Å²) < 4.78 is 16.9. The van der Waals surface area contributed by atoms with Crippen LogP contribution in [-0.4, -0.2) is 37.2 Å². The molecule has 6 nitrogen and oxygen atoms in total. The van der Waals surface area contributed by atoms with Gasteiger partial charge in [0.05, 0.1) is 0 Å². The van der Waals surface area contributed by atoms with Gasteiger partial charge in [-0.05, 0) is 83.5 Å². The van der Waals surface area contributed by atoms with Gasteiger partial charge in [0.15, 0.2) is 6.10 Å². The van der Waals surface area contributed by atoms with Crippen LogP contribution in [0.4, 0.5) is 0 Å². The number of allylic oxidation sites excluding steroid dienone is 12. The molecule has 6 heteroatoms. The smallest absolute Gasteiger partial charge is 0.306 e. The lowest BCUT2D eigenvalue weighted by Crippen LogP contribution is -2.30. The van der Waals surface area contributed by atoms with Crippen LogP contribution in [0, 0.1) is 0 Å². The van der Waals surface area contributed by atoms with Crippen LogP contribution in [0.5, 0.6) is 0 Å². The number of carbonyl (C=O) groups is 3. The lowest BCUT2D eigenvalue weighted by molar-refractivity contribution is -0.167. The molecule has 0 aliphatic heterocycles. The third-order valence-corrected chi connectivity index (χ3v) is 13.7. The maximum atomic E-state index is 12.9. The summed E-state index contributed by atoms with van der Waals surface area (Å²) in [6, 6.07) is 0. The first-order chi connectivity index (χ1) is 36.0. The van der Waals surface area contributed by atoms with Crippen molar-refractivity contribution in [3.8, 4) is 0 Å². The molecule has 0 bridgehead atoms. The molecule has 1 unspecified atom stereocenters. The van der Waals surface area contributed by atoms with E-state index in [1.807, 2.05) is 0 Å². The van der Waals surface area contributed by atoms with Crippen LogP contribution in [0.15, 0.2) is 72.9 Å². The number of ether oxygens (including phenoxy) is 3. The zero-order chi connectivity index (χ0) is 52.9. The van der Waals surface area contributed by atoms with Crippen molar-refractivity contribution in [1.29, 1.82) is 0 Å². The van der Waals surface area contributed by atoms with Gasteiger partial charge in [0.2, 0.25) is 0 Å². The minimum Gasteiger partial charge on any atom is -0.462 e. The lowest BCUT2D eigenvalue weighted by Gasteiger charge is -2.18. The third-order valence-electron chi connectivity index (χ3n) is 13.7. The van der Waals surface area contributed by atoms with Gasteiger partial charge in [0, 0.05) is 19.3 Å². The lowest BCUT2D eigenvalue weighted by atomic mass is 10.0. The Labute approximate surface area is 453 Å². The molecule has 0 aromatic rings. The molecular weight excluding hydrogens is 901 g/mol. The third kappa shape index (κ3) is 59.6.